The van der Waals surface area contributed by atoms with Gasteiger partial charge in [-0.05, 0) is 18.2 Å². The maximum Gasteiger partial charge on any atom is 0.353 e. The van der Waals surface area contributed by atoms with Gasteiger partial charge in [0.05, 0.1) is 12.8 Å². The molecule has 1 aromatic carbocycles. The highest BCUT2D eigenvalue weighted by Crippen LogP contribution is 2.33. The van der Waals surface area contributed by atoms with Crippen molar-refractivity contribution in [3.63, 3.8) is 0 Å². The molecule has 0 aliphatic carbocycles. The van der Waals surface area contributed by atoms with E-state index < -0.39 is 5.97 Å². The van der Waals surface area contributed by atoms with E-state index in [-0.39, 0.29) is 28.5 Å². The van der Waals surface area contributed by atoms with Gasteiger partial charge < -0.3 is 14.9 Å². The molecular formula is C12H10N2O5. The molecule has 0 atom stereocenters. The van der Waals surface area contributed by atoms with Crippen LogP contribution in [-0.4, -0.2) is 39.8 Å². The summed E-state index contributed by atoms with van der Waals surface area (Å²) in [6.07, 6.45) is 0.545. The van der Waals surface area contributed by atoms with E-state index in [1.54, 1.807) is 0 Å². The zero-order valence-corrected chi connectivity index (χ0v) is 9.88. The molecule has 2 aromatic rings. The van der Waals surface area contributed by atoms with Crippen molar-refractivity contribution in [2.45, 2.75) is 0 Å². The normalized spacial score (nSPS) is 10.2. The fraction of sp³-hybridized carbons (Fsp3) is 0.0833. The first-order valence-electron chi connectivity index (χ1n) is 5.22. The highest BCUT2D eigenvalue weighted by molar-refractivity contribution is 5.91. The van der Waals surface area contributed by atoms with Crippen molar-refractivity contribution >= 4 is 12.3 Å². The largest absolute Gasteiger partial charge is 0.504 e. The molecular weight excluding hydrogens is 252 g/mol. The number of nitrogens with one attached hydrogen (secondary N) is 1. The molecule has 0 aliphatic rings. The number of methoxy groups -OCH3 is 1. The van der Waals surface area contributed by atoms with Crippen LogP contribution < -0.4 is 4.74 Å². The van der Waals surface area contributed by atoms with Gasteiger partial charge in [-0.15, -0.1) is 0 Å². The minimum atomic E-state index is -1.16. The van der Waals surface area contributed by atoms with E-state index in [0.717, 1.165) is 0 Å². The molecule has 19 heavy (non-hydrogen) atoms. The summed E-state index contributed by atoms with van der Waals surface area (Å²) in [5.41, 5.74) is 0.729. The highest BCUT2D eigenvalue weighted by atomic mass is 16.5. The van der Waals surface area contributed by atoms with Crippen molar-refractivity contribution in [3.05, 3.63) is 29.5 Å². The van der Waals surface area contributed by atoms with Crippen LogP contribution in [0.5, 0.6) is 11.5 Å². The number of benzene rings is 1. The molecule has 1 aromatic heterocycles. The van der Waals surface area contributed by atoms with Gasteiger partial charge in [0.25, 0.3) is 0 Å². The molecule has 0 amide bonds. The van der Waals surface area contributed by atoms with E-state index in [9.17, 15) is 14.7 Å². The fourth-order valence-corrected chi connectivity index (χ4v) is 1.64. The number of carbonyl (C=O) groups excluding carboxylic acids is 1. The number of hydrogen-bond acceptors (Lipinski definition) is 5. The number of carbonyl (C=O) groups is 2. The third-order valence-electron chi connectivity index (χ3n) is 2.56. The van der Waals surface area contributed by atoms with Crippen LogP contribution in [0.1, 0.15) is 20.8 Å². The maximum atomic E-state index is 11.0. The Labute approximate surface area is 107 Å². The molecule has 0 saturated heterocycles. The maximum absolute atomic E-state index is 11.0. The van der Waals surface area contributed by atoms with Crippen LogP contribution in [0.3, 0.4) is 0 Å². The molecule has 0 saturated carbocycles. The van der Waals surface area contributed by atoms with Crippen molar-refractivity contribution in [1.82, 2.24) is 10.2 Å². The number of phenolic OH excluding ortho intramolecular Hbond substituents is 1. The second-order valence-corrected chi connectivity index (χ2v) is 3.70. The first-order valence-corrected chi connectivity index (χ1v) is 5.22. The summed E-state index contributed by atoms with van der Waals surface area (Å²) in [5.74, 6) is -1.17. The van der Waals surface area contributed by atoms with Gasteiger partial charge in [-0.1, -0.05) is 0 Å². The van der Waals surface area contributed by atoms with Gasteiger partial charge in [0, 0.05) is 11.1 Å². The lowest BCUT2D eigenvalue weighted by molar-refractivity contribution is 0.0690. The average Bonchev–Trinajstić information content (AvgIpc) is 2.88. The molecule has 0 unspecified atom stereocenters. The number of aromatic hydroxyl groups is 1. The SMILES string of the molecule is COc1cc(-c2cc(C(=O)O)[nH]n2)c(C=O)cc1O. The number of carboxylic acid groups (broad SMARTS) is 1. The average molecular weight is 262 g/mol. The van der Waals surface area contributed by atoms with Crippen molar-refractivity contribution in [3.8, 4) is 22.8 Å². The Morgan fingerprint density at radius 3 is 2.68 bits per heavy atom. The standard InChI is InChI=1S/C12H10N2O5/c1-19-11-3-7(6(5-15)2-10(11)16)8-4-9(12(17)18)14-13-8/h2-5,16H,1H3,(H,13,14)(H,17,18). The molecule has 0 spiro atoms. The second kappa shape index (κ2) is 4.81. The summed E-state index contributed by atoms with van der Waals surface area (Å²) < 4.78 is 4.94. The van der Waals surface area contributed by atoms with Crippen LogP contribution in [0.2, 0.25) is 0 Å². The van der Waals surface area contributed by atoms with E-state index in [4.69, 9.17) is 9.84 Å². The number of aromatic nitrogens is 2. The number of rotatable bonds is 4. The Morgan fingerprint density at radius 2 is 2.16 bits per heavy atom. The first-order chi connectivity index (χ1) is 9.06. The summed E-state index contributed by atoms with van der Waals surface area (Å²) in [7, 11) is 1.37. The van der Waals surface area contributed by atoms with Gasteiger partial charge in [0.1, 0.15) is 5.69 Å². The van der Waals surface area contributed by atoms with Crippen LogP contribution in [0.15, 0.2) is 18.2 Å². The van der Waals surface area contributed by atoms with Crippen LogP contribution in [0.4, 0.5) is 0 Å². The lowest BCUT2D eigenvalue weighted by Crippen LogP contribution is -1.95. The van der Waals surface area contributed by atoms with Crippen LogP contribution >= 0.6 is 0 Å². The minimum Gasteiger partial charge on any atom is -0.504 e. The third-order valence-corrected chi connectivity index (χ3v) is 2.56. The van der Waals surface area contributed by atoms with Gasteiger partial charge >= 0.3 is 5.97 Å². The van der Waals surface area contributed by atoms with Gasteiger partial charge in [0.2, 0.25) is 0 Å². The Kier molecular flexibility index (Phi) is 3.19. The second-order valence-electron chi connectivity index (χ2n) is 3.70. The quantitative estimate of drug-likeness (QED) is 0.716. The van der Waals surface area contributed by atoms with E-state index in [0.29, 0.717) is 11.8 Å². The molecule has 1 heterocycles. The monoisotopic (exact) mass is 262 g/mol. The summed E-state index contributed by atoms with van der Waals surface area (Å²) in [4.78, 5) is 21.8. The van der Waals surface area contributed by atoms with Crippen molar-refractivity contribution in [2.24, 2.45) is 0 Å². The number of carboxylic acids is 1. The van der Waals surface area contributed by atoms with Crippen molar-refractivity contribution in [2.75, 3.05) is 7.11 Å². The predicted octanol–water partition coefficient (Wildman–Crippen LogP) is 1.30. The van der Waals surface area contributed by atoms with Crippen LogP contribution in [0.25, 0.3) is 11.3 Å². The van der Waals surface area contributed by atoms with Crippen molar-refractivity contribution in [1.29, 1.82) is 0 Å². The van der Waals surface area contributed by atoms with Crippen LogP contribution in [-0.2, 0) is 0 Å². The number of aromatic amines is 1. The summed E-state index contributed by atoms with van der Waals surface area (Å²) in [6.45, 7) is 0. The molecule has 98 valence electrons. The number of phenols is 1. The molecule has 3 N–H and O–H groups in total. The summed E-state index contributed by atoms with van der Waals surface area (Å²) in [6, 6.07) is 3.94. The Morgan fingerprint density at radius 1 is 1.42 bits per heavy atom. The Bertz CT molecular complexity index is 648. The van der Waals surface area contributed by atoms with Crippen molar-refractivity contribution < 1.29 is 24.5 Å². The van der Waals surface area contributed by atoms with Gasteiger partial charge in [-0.3, -0.25) is 9.89 Å². The minimum absolute atomic E-state index is 0.0982. The van der Waals surface area contributed by atoms with Gasteiger partial charge in [-0.25, -0.2) is 4.79 Å². The lowest BCUT2D eigenvalue weighted by atomic mass is 10.0. The number of aromatic carboxylic acids is 1. The van der Waals surface area contributed by atoms with E-state index in [1.807, 2.05) is 0 Å². The first kappa shape index (κ1) is 12.6. The molecule has 0 aliphatic heterocycles. The molecule has 7 nitrogen and oxygen atoms in total. The van der Waals surface area contributed by atoms with Gasteiger partial charge in [-0.2, -0.15) is 5.10 Å². The molecule has 2 rings (SSSR count). The third kappa shape index (κ3) is 2.25. The Hall–Kier alpha value is -2.83. The topological polar surface area (TPSA) is 113 Å². The number of H-pyrrole nitrogens is 1. The lowest BCUT2D eigenvalue weighted by Gasteiger charge is -2.07. The smallest absolute Gasteiger partial charge is 0.353 e. The molecule has 0 radical (unpaired) electrons. The summed E-state index contributed by atoms with van der Waals surface area (Å²) >= 11 is 0. The fourth-order valence-electron chi connectivity index (χ4n) is 1.64. The highest BCUT2D eigenvalue weighted by Gasteiger charge is 2.15. The predicted molar refractivity (Wildman–Crippen MR) is 64.6 cm³/mol. The molecule has 0 fully saturated rings. The zero-order valence-electron chi connectivity index (χ0n) is 9.88. The van der Waals surface area contributed by atoms with E-state index >= 15 is 0 Å². The zero-order chi connectivity index (χ0) is 14.0. The number of ether oxygens (including phenoxy) is 1. The van der Waals surface area contributed by atoms with E-state index in [1.165, 1.54) is 25.3 Å². The molecule has 0 bridgehead atoms. The van der Waals surface area contributed by atoms with Gasteiger partial charge in [0.15, 0.2) is 17.8 Å². The summed E-state index contributed by atoms with van der Waals surface area (Å²) in [5, 5.41) is 24.5. The molecule has 7 heteroatoms. The Balaban J connectivity index is 2.58. The van der Waals surface area contributed by atoms with E-state index in [2.05, 4.69) is 10.2 Å². The van der Waals surface area contributed by atoms with Crippen LogP contribution in [0, 0.1) is 0 Å². The number of nitrogens with zero attached hydrogens (tertiary/aromatic N) is 1. The number of aldehydes is 1. The number of hydrogen-bond donors (Lipinski definition) is 3.